The van der Waals surface area contributed by atoms with Crippen LogP contribution >= 0.6 is 15.9 Å². The molecule has 0 spiro atoms. The molecular formula is C14H14BrNO. The molecule has 2 nitrogen and oxygen atoms in total. The lowest BCUT2D eigenvalue weighted by Crippen LogP contribution is -2.11. The predicted molar refractivity (Wildman–Crippen MR) is 74.0 cm³/mol. The number of pyridine rings is 1. The minimum atomic E-state index is 0.0556. The van der Waals surface area contributed by atoms with Crippen LogP contribution in [0.4, 0.5) is 0 Å². The van der Waals surface area contributed by atoms with Crippen LogP contribution in [0.5, 0.6) is 0 Å². The van der Waals surface area contributed by atoms with E-state index in [-0.39, 0.29) is 5.43 Å². The van der Waals surface area contributed by atoms with Crippen LogP contribution in [-0.4, -0.2) is 4.57 Å². The van der Waals surface area contributed by atoms with Crippen molar-refractivity contribution in [3.63, 3.8) is 0 Å². The zero-order valence-corrected chi connectivity index (χ0v) is 11.7. The Morgan fingerprint density at radius 1 is 1.06 bits per heavy atom. The number of aryl methyl sites for hydroxylation is 3. The van der Waals surface area contributed by atoms with Crippen molar-refractivity contribution in [3.05, 3.63) is 62.0 Å². The molecule has 1 heterocycles. The fourth-order valence-electron chi connectivity index (χ4n) is 2.05. The lowest BCUT2D eigenvalue weighted by Gasteiger charge is -2.16. The Balaban J connectivity index is 2.77. The third-order valence-electron chi connectivity index (χ3n) is 2.82. The molecule has 88 valence electrons. The normalized spacial score (nSPS) is 10.6. The van der Waals surface area contributed by atoms with Crippen LogP contribution in [-0.2, 0) is 0 Å². The molecule has 1 aromatic heterocycles. The number of benzene rings is 1. The van der Waals surface area contributed by atoms with Crippen molar-refractivity contribution in [3.8, 4) is 5.69 Å². The van der Waals surface area contributed by atoms with E-state index in [0.29, 0.717) is 0 Å². The van der Waals surface area contributed by atoms with E-state index >= 15 is 0 Å². The van der Waals surface area contributed by atoms with Gasteiger partial charge in [-0.2, -0.15) is 0 Å². The second kappa shape index (κ2) is 4.49. The van der Waals surface area contributed by atoms with Gasteiger partial charge < -0.3 is 4.57 Å². The molecule has 1 aromatic carbocycles. The molecule has 0 saturated heterocycles. The molecule has 0 saturated carbocycles. The zero-order chi connectivity index (χ0) is 12.6. The van der Waals surface area contributed by atoms with Crippen molar-refractivity contribution < 1.29 is 0 Å². The summed E-state index contributed by atoms with van der Waals surface area (Å²) in [5.74, 6) is 0. The number of aromatic nitrogens is 1. The minimum Gasteiger partial charge on any atom is -0.317 e. The van der Waals surface area contributed by atoms with Crippen LogP contribution in [0.15, 0.2) is 39.6 Å². The standard InChI is InChI=1S/C14H14BrNO/c1-9-5-4-6-13(14(9)15)16-10(2)7-12(17)8-11(16)3/h4-8H,1-3H3. The molecule has 0 atom stereocenters. The molecule has 0 unspecified atom stereocenters. The topological polar surface area (TPSA) is 22.0 Å². The van der Waals surface area contributed by atoms with E-state index in [1.165, 1.54) is 5.56 Å². The summed E-state index contributed by atoms with van der Waals surface area (Å²) >= 11 is 3.60. The summed E-state index contributed by atoms with van der Waals surface area (Å²) in [4.78, 5) is 11.4. The van der Waals surface area contributed by atoms with Crippen molar-refractivity contribution >= 4 is 15.9 Å². The van der Waals surface area contributed by atoms with Gasteiger partial charge in [-0.1, -0.05) is 12.1 Å². The smallest absolute Gasteiger partial charge is 0.182 e. The van der Waals surface area contributed by atoms with E-state index in [4.69, 9.17) is 0 Å². The molecule has 3 heteroatoms. The van der Waals surface area contributed by atoms with Crippen molar-refractivity contribution in [1.82, 2.24) is 4.57 Å². The van der Waals surface area contributed by atoms with Crippen LogP contribution in [0.3, 0.4) is 0 Å². The summed E-state index contributed by atoms with van der Waals surface area (Å²) in [7, 11) is 0. The van der Waals surface area contributed by atoms with E-state index in [1.54, 1.807) is 12.1 Å². The highest BCUT2D eigenvalue weighted by Gasteiger charge is 2.08. The molecule has 0 radical (unpaired) electrons. The molecular weight excluding hydrogens is 278 g/mol. The van der Waals surface area contributed by atoms with Gasteiger partial charge in [0.15, 0.2) is 5.43 Å². The first-order valence-electron chi connectivity index (χ1n) is 5.46. The quantitative estimate of drug-likeness (QED) is 0.788. The van der Waals surface area contributed by atoms with E-state index in [1.807, 2.05) is 26.0 Å². The zero-order valence-electron chi connectivity index (χ0n) is 10.1. The molecule has 0 amide bonds. The van der Waals surface area contributed by atoms with E-state index in [9.17, 15) is 4.79 Å². The Labute approximate surface area is 109 Å². The average molecular weight is 292 g/mol. The highest BCUT2D eigenvalue weighted by molar-refractivity contribution is 9.10. The van der Waals surface area contributed by atoms with Gasteiger partial charge in [-0.05, 0) is 48.3 Å². The molecule has 0 fully saturated rings. The molecule has 0 aliphatic heterocycles. The first-order valence-corrected chi connectivity index (χ1v) is 6.26. The van der Waals surface area contributed by atoms with Gasteiger partial charge in [-0.15, -0.1) is 0 Å². The van der Waals surface area contributed by atoms with Crippen LogP contribution in [0.1, 0.15) is 17.0 Å². The molecule has 17 heavy (non-hydrogen) atoms. The monoisotopic (exact) mass is 291 g/mol. The fourth-order valence-corrected chi connectivity index (χ4v) is 2.49. The van der Waals surface area contributed by atoms with Crippen molar-refractivity contribution in [2.75, 3.05) is 0 Å². The van der Waals surface area contributed by atoms with Crippen LogP contribution in [0.25, 0.3) is 5.69 Å². The number of halogens is 1. The van der Waals surface area contributed by atoms with E-state index in [0.717, 1.165) is 21.5 Å². The van der Waals surface area contributed by atoms with Gasteiger partial charge in [0.2, 0.25) is 0 Å². The Morgan fingerprint density at radius 2 is 1.65 bits per heavy atom. The molecule has 0 bridgehead atoms. The summed E-state index contributed by atoms with van der Waals surface area (Å²) in [6.07, 6.45) is 0. The van der Waals surface area contributed by atoms with Crippen molar-refractivity contribution in [1.29, 1.82) is 0 Å². The predicted octanol–water partition coefficient (Wildman–Crippen LogP) is 3.53. The van der Waals surface area contributed by atoms with Gasteiger partial charge in [0.25, 0.3) is 0 Å². The Morgan fingerprint density at radius 3 is 2.24 bits per heavy atom. The number of rotatable bonds is 1. The van der Waals surface area contributed by atoms with E-state index in [2.05, 4.69) is 33.5 Å². The maximum Gasteiger partial charge on any atom is 0.182 e. The Kier molecular flexibility index (Phi) is 3.20. The van der Waals surface area contributed by atoms with Gasteiger partial charge >= 0.3 is 0 Å². The fraction of sp³-hybridized carbons (Fsp3) is 0.214. The summed E-state index contributed by atoms with van der Waals surface area (Å²) in [6, 6.07) is 9.43. The SMILES string of the molecule is Cc1cccc(-n2c(C)cc(=O)cc2C)c1Br. The first kappa shape index (κ1) is 12.1. The molecule has 2 rings (SSSR count). The number of hydrogen-bond donors (Lipinski definition) is 0. The maximum absolute atomic E-state index is 11.4. The highest BCUT2D eigenvalue weighted by atomic mass is 79.9. The van der Waals surface area contributed by atoms with Gasteiger partial charge in [0, 0.05) is 28.0 Å². The van der Waals surface area contributed by atoms with Gasteiger partial charge in [0.05, 0.1) is 5.69 Å². The second-order valence-electron chi connectivity index (χ2n) is 4.22. The van der Waals surface area contributed by atoms with Crippen LogP contribution < -0.4 is 5.43 Å². The van der Waals surface area contributed by atoms with Crippen molar-refractivity contribution in [2.24, 2.45) is 0 Å². The van der Waals surface area contributed by atoms with Crippen molar-refractivity contribution in [2.45, 2.75) is 20.8 Å². The van der Waals surface area contributed by atoms with Crippen LogP contribution in [0, 0.1) is 20.8 Å². The molecule has 0 N–H and O–H groups in total. The van der Waals surface area contributed by atoms with Gasteiger partial charge in [-0.25, -0.2) is 0 Å². The Hall–Kier alpha value is -1.35. The van der Waals surface area contributed by atoms with Gasteiger partial charge in [0.1, 0.15) is 0 Å². The van der Waals surface area contributed by atoms with E-state index < -0.39 is 0 Å². The Bertz CT molecular complexity index is 602. The summed E-state index contributed by atoms with van der Waals surface area (Å²) in [5.41, 5.74) is 4.20. The third kappa shape index (κ3) is 2.20. The third-order valence-corrected chi connectivity index (χ3v) is 3.85. The minimum absolute atomic E-state index is 0.0556. The highest BCUT2D eigenvalue weighted by Crippen LogP contribution is 2.26. The average Bonchev–Trinajstić information content (AvgIpc) is 2.23. The number of nitrogens with zero attached hydrogens (tertiary/aromatic N) is 1. The van der Waals surface area contributed by atoms with Gasteiger partial charge in [-0.3, -0.25) is 4.79 Å². The largest absolute Gasteiger partial charge is 0.317 e. The first-order chi connectivity index (χ1) is 8.00. The maximum atomic E-state index is 11.4. The summed E-state index contributed by atoms with van der Waals surface area (Å²) in [6.45, 7) is 5.95. The van der Waals surface area contributed by atoms with Crippen LogP contribution in [0.2, 0.25) is 0 Å². The molecule has 2 aromatic rings. The number of hydrogen-bond acceptors (Lipinski definition) is 1. The molecule has 0 aliphatic carbocycles. The second-order valence-corrected chi connectivity index (χ2v) is 5.01. The molecule has 0 aliphatic rings. The lowest BCUT2D eigenvalue weighted by molar-refractivity contribution is 0.916. The summed E-state index contributed by atoms with van der Waals surface area (Å²) in [5, 5.41) is 0. The summed E-state index contributed by atoms with van der Waals surface area (Å²) < 4.78 is 3.15. The lowest BCUT2D eigenvalue weighted by atomic mass is 10.2.